The summed E-state index contributed by atoms with van der Waals surface area (Å²) in [6.07, 6.45) is 0. The number of hydrogen-bond donors (Lipinski definition) is 0. The molecule has 1 heterocycles. The fourth-order valence-corrected chi connectivity index (χ4v) is 2.61. The molecule has 19 heavy (non-hydrogen) atoms. The molecular formula is C16H12GaNO. The first kappa shape index (κ1) is 12.3. The molecule has 0 unspecified atom stereocenters. The molecule has 0 fully saturated rings. The monoisotopic (exact) mass is 303 g/mol. The number of hydrogen-bond acceptors (Lipinski definition) is 2. The molecule has 0 aliphatic rings. The van der Waals surface area contributed by atoms with Crippen molar-refractivity contribution in [3.05, 3.63) is 60.3 Å². The van der Waals surface area contributed by atoms with Gasteiger partial charge in [0.05, 0.1) is 0 Å². The van der Waals surface area contributed by atoms with Gasteiger partial charge >= 0.3 is 122 Å². The van der Waals surface area contributed by atoms with Gasteiger partial charge < -0.3 is 0 Å². The molecule has 0 saturated heterocycles. The Bertz CT molecular complexity index is 740. The molecule has 90 valence electrons. The second-order valence-corrected chi connectivity index (χ2v) is 5.73. The number of para-hydroxylation sites is 1. The second kappa shape index (κ2) is 5.11. The fourth-order valence-electron chi connectivity index (χ4n) is 2.05. The third-order valence-electron chi connectivity index (χ3n) is 2.96. The number of pyridine rings is 1. The third-order valence-corrected chi connectivity index (χ3v) is 3.96. The molecule has 3 aromatic rings. The third kappa shape index (κ3) is 2.52. The summed E-state index contributed by atoms with van der Waals surface area (Å²) in [6, 6.07) is 18.3. The minimum atomic E-state index is 0.681. The Morgan fingerprint density at radius 3 is 2.58 bits per heavy atom. The maximum absolute atomic E-state index is 6.01. The van der Waals surface area contributed by atoms with Gasteiger partial charge in [-0.15, -0.1) is 0 Å². The molecule has 1 aromatic heterocycles. The summed E-state index contributed by atoms with van der Waals surface area (Å²) in [5.41, 5.74) is 0.966. The quantitative estimate of drug-likeness (QED) is 0.679. The van der Waals surface area contributed by atoms with E-state index in [-0.39, 0.29) is 0 Å². The average Bonchev–Trinajstić information content (AvgIpc) is 2.41. The van der Waals surface area contributed by atoms with Crippen LogP contribution >= 0.6 is 0 Å². The normalized spacial score (nSPS) is 10.6. The summed E-state index contributed by atoms with van der Waals surface area (Å²) in [5.74, 6) is 1.56. The molecule has 0 N–H and O–H groups in total. The van der Waals surface area contributed by atoms with Crippen molar-refractivity contribution < 1.29 is 4.74 Å². The Balaban J connectivity index is 2.13. The van der Waals surface area contributed by atoms with Crippen molar-refractivity contribution in [3.8, 4) is 11.6 Å². The van der Waals surface area contributed by atoms with Gasteiger partial charge in [-0.2, -0.15) is 0 Å². The Hall–Kier alpha value is -1.71. The predicted octanol–water partition coefficient (Wildman–Crippen LogP) is 3.13. The van der Waals surface area contributed by atoms with Gasteiger partial charge in [-0.05, 0) is 0 Å². The molecule has 2 radical (unpaired) electrons. The molecule has 3 rings (SSSR count). The van der Waals surface area contributed by atoms with Crippen molar-refractivity contribution in [1.82, 2.24) is 4.98 Å². The Morgan fingerprint density at radius 1 is 1.00 bits per heavy atom. The summed E-state index contributed by atoms with van der Waals surface area (Å²) in [5, 5.41) is 2.20. The summed E-state index contributed by atoms with van der Waals surface area (Å²) < 4.78 is 7.18. The van der Waals surface area contributed by atoms with Gasteiger partial charge in [-0.1, -0.05) is 0 Å². The topological polar surface area (TPSA) is 22.1 Å². The van der Waals surface area contributed by atoms with Gasteiger partial charge in [0.2, 0.25) is 0 Å². The van der Waals surface area contributed by atoms with Crippen molar-refractivity contribution in [2.45, 2.75) is 6.92 Å². The van der Waals surface area contributed by atoms with E-state index in [1.807, 2.05) is 43.3 Å². The number of nitrogens with zero attached hydrogens (tertiary/aromatic N) is 1. The number of fused-ring (bicyclic) bond motifs is 1. The van der Waals surface area contributed by atoms with Crippen LogP contribution in [0.15, 0.2) is 54.6 Å². The van der Waals surface area contributed by atoms with Crippen molar-refractivity contribution in [2.24, 2.45) is 0 Å². The molecule has 0 spiro atoms. The van der Waals surface area contributed by atoms with Crippen molar-refractivity contribution >= 4 is 33.5 Å². The Labute approximate surface area is 122 Å². The first-order chi connectivity index (χ1) is 9.24. The summed E-state index contributed by atoms with van der Waals surface area (Å²) in [4.78, 5) is 4.52. The standard InChI is InChI=1S/C16H12NO.Ga/c1-12-11-13-7-5-6-10-15(13)16(17-12)18-14-8-3-2-4-9-14;/h2-8,10-11H,1H3;. The molecule has 2 nitrogen and oxygen atoms in total. The van der Waals surface area contributed by atoms with Crippen LogP contribution in [0, 0.1) is 6.92 Å². The predicted molar refractivity (Wildman–Crippen MR) is 78.4 cm³/mol. The number of rotatable bonds is 2. The van der Waals surface area contributed by atoms with Crippen LogP contribution < -0.4 is 8.85 Å². The minimum absolute atomic E-state index is 0.681. The van der Waals surface area contributed by atoms with Crippen LogP contribution in [-0.4, -0.2) is 23.6 Å². The van der Waals surface area contributed by atoms with E-state index in [1.165, 1.54) is 4.12 Å². The average molecular weight is 304 g/mol. The van der Waals surface area contributed by atoms with Crippen molar-refractivity contribution in [3.63, 3.8) is 0 Å². The first-order valence-corrected chi connectivity index (χ1v) is 7.34. The second-order valence-electron chi connectivity index (χ2n) is 4.43. The number of benzene rings is 2. The maximum atomic E-state index is 6.01. The van der Waals surface area contributed by atoms with Gasteiger partial charge in [0.1, 0.15) is 0 Å². The molecule has 0 amide bonds. The molecule has 2 aromatic carbocycles. The molecule has 0 saturated carbocycles. The molecule has 0 aliphatic heterocycles. The van der Waals surface area contributed by atoms with Crippen LogP contribution in [0.5, 0.6) is 11.6 Å². The van der Waals surface area contributed by atoms with Crippen LogP contribution in [0.2, 0.25) is 0 Å². The summed E-state index contributed by atoms with van der Waals surface area (Å²) in [7, 11) is 0. The first-order valence-electron chi connectivity index (χ1n) is 6.13. The fraction of sp³-hybridized carbons (Fsp3) is 0.0625. The number of aromatic nitrogens is 1. The van der Waals surface area contributed by atoms with E-state index in [2.05, 4.69) is 23.2 Å². The van der Waals surface area contributed by atoms with E-state index in [0.717, 1.165) is 22.2 Å². The zero-order chi connectivity index (χ0) is 13.2. The number of aryl methyl sites for hydroxylation is 1. The van der Waals surface area contributed by atoms with Crippen molar-refractivity contribution in [2.75, 3.05) is 0 Å². The van der Waals surface area contributed by atoms with E-state index in [1.54, 1.807) is 18.6 Å². The van der Waals surface area contributed by atoms with Gasteiger partial charge in [0.15, 0.2) is 0 Å². The molecule has 0 atom stereocenters. The van der Waals surface area contributed by atoms with Crippen LogP contribution in [0.25, 0.3) is 10.8 Å². The van der Waals surface area contributed by atoms with E-state index >= 15 is 0 Å². The van der Waals surface area contributed by atoms with Crippen LogP contribution in [-0.2, 0) is 0 Å². The van der Waals surface area contributed by atoms with Gasteiger partial charge in [-0.25, -0.2) is 0 Å². The zero-order valence-corrected chi connectivity index (χ0v) is 13.1. The van der Waals surface area contributed by atoms with E-state index in [9.17, 15) is 0 Å². The van der Waals surface area contributed by atoms with Crippen LogP contribution in [0.3, 0.4) is 0 Å². The van der Waals surface area contributed by atoms with Crippen LogP contribution in [0.1, 0.15) is 5.69 Å². The Kier molecular flexibility index (Phi) is 3.32. The summed E-state index contributed by atoms with van der Waals surface area (Å²) in [6.45, 7) is 1.99. The molecule has 3 heteroatoms. The Morgan fingerprint density at radius 2 is 1.74 bits per heavy atom. The van der Waals surface area contributed by atoms with Gasteiger partial charge in [0.25, 0.3) is 0 Å². The number of ether oxygens (including phenoxy) is 1. The van der Waals surface area contributed by atoms with E-state index in [4.69, 9.17) is 4.74 Å². The van der Waals surface area contributed by atoms with Crippen LogP contribution in [0.4, 0.5) is 0 Å². The summed E-state index contributed by atoms with van der Waals surface area (Å²) >= 11 is 1.55. The van der Waals surface area contributed by atoms with E-state index in [0.29, 0.717) is 5.88 Å². The van der Waals surface area contributed by atoms with Crippen molar-refractivity contribution in [1.29, 1.82) is 0 Å². The zero-order valence-electron chi connectivity index (χ0n) is 10.6. The van der Waals surface area contributed by atoms with Gasteiger partial charge in [-0.3, -0.25) is 0 Å². The van der Waals surface area contributed by atoms with E-state index < -0.39 is 0 Å². The molecular weight excluding hydrogens is 292 g/mol. The van der Waals surface area contributed by atoms with Gasteiger partial charge in [0, 0.05) is 0 Å². The molecule has 0 bridgehead atoms. The SMILES string of the molecule is Cc1cc2ccccc2c(Oc2cccc[c]2[Ga])n1. The molecule has 0 aliphatic carbocycles.